The van der Waals surface area contributed by atoms with Gasteiger partial charge in [-0.05, 0) is 30.3 Å². The summed E-state index contributed by atoms with van der Waals surface area (Å²) < 4.78 is 3.03. The van der Waals surface area contributed by atoms with Crippen molar-refractivity contribution in [2.75, 3.05) is 0 Å². The van der Waals surface area contributed by atoms with Gasteiger partial charge < -0.3 is 4.57 Å². The Kier molecular flexibility index (Phi) is 4.91. The van der Waals surface area contributed by atoms with Crippen LogP contribution in [0.15, 0.2) is 77.0 Å². The Morgan fingerprint density at radius 1 is 1.21 bits per heavy atom. The van der Waals surface area contributed by atoms with Gasteiger partial charge in [-0.25, -0.2) is 5.43 Å². The highest BCUT2D eigenvalue weighted by Gasteiger charge is 2.06. The van der Waals surface area contributed by atoms with Gasteiger partial charge in [0.05, 0.1) is 6.21 Å². The Hall–Kier alpha value is -2.66. The number of benzene rings is 2. The van der Waals surface area contributed by atoms with E-state index in [1.54, 1.807) is 18.3 Å². The van der Waals surface area contributed by atoms with Crippen molar-refractivity contribution in [1.82, 2.24) is 9.99 Å². The first-order chi connectivity index (χ1) is 11.7. The van der Waals surface area contributed by atoms with Gasteiger partial charge >= 0.3 is 0 Å². The molecule has 0 atom stereocenters. The highest BCUT2D eigenvalue weighted by molar-refractivity contribution is 9.10. The van der Waals surface area contributed by atoms with Gasteiger partial charge in [-0.2, -0.15) is 5.10 Å². The number of hydrogen-bond donors (Lipinski definition) is 1. The predicted molar refractivity (Wildman–Crippen MR) is 101 cm³/mol. The molecule has 0 radical (unpaired) electrons. The second-order valence-corrected chi connectivity index (χ2v) is 6.16. The number of carbonyl (C=O) groups excluding carboxylic acids is 1. The molecule has 0 spiro atoms. The average Bonchev–Trinajstić information content (AvgIpc) is 2.94. The van der Waals surface area contributed by atoms with Crippen LogP contribution in [0.5, 0.6) is 0 Å². The zero-order valence-corrected chi connectivity index (χ0v) is 14.5. The van der Waals surface area contributed by atoms with E-state index >= 15 is 0 Å². The number of halogens is 1. The number of hydrogen-bond acceptors (Lipinski definition) is 2. The highest BCUT2D eigenvalue weighted by Crippen LogP contribution is 2.20. The maximum Gasteiger partial charge on any atom is 0.271 e. The van der Waals surface area contributed by atoms with E-state index in [0.29, 0.717) is 5.56 Å². The third-order valence-corrected chi connectivity index (χ3v) is 4.15. The fourth-order valence-corrected chi connectivity index (χ4v) is 2.76. The van der Waals surface area contributed by atoms with Gasteiger partial charge in [0, 0.05) is 39.2 Å². The highest BCUT2D eigenvalue weighted by atomic mass is 79.9. The summed E-state index contributed by atoms with van der Waals surface area (Å²) in [6.07, 6.45) is 5.52. The van der Waals surface area contributed by atoms with E-state index in [2.05, 4.69) is 43.7 Å². The number of rotatable bonds is 5. The van der Waals surface area contributed by atoms with Crippen molar-refractivity contribution in [2.45, 2.75) is 6.54 Å². The van der Waals surface area contributed by atoms with Crippen molar-refractivity contribution >= 4 is 39.0 Å². The van der Waals surface area contributed by atoms with Crippen molar-refractivity contribution in [3.8, 4) is 0 Å². The molecule has 3 aromatic rings. The van der Waals surface area contributed by atoms with Gasteiger partial charge in [0.2, 0.25) is 0 Å². The second kappa shape index (κ2) is 7.27. The van der Waals surface area contributed by atoms with Gasteiger partial charge in [-0.15, -0.1) is 6.58 Å². The topological polar surface area (TPSA) is 46.4 Å². The normalized spacial score (nSPS) is 11.0. The molecule has 0 aliphatic rings. The number of para-hydroxylation sites is 1. The smallest absolute Gasteiger partial charge is 0.271 e. The number of carbonyl (C=O) groups is 1. The number of allylic oxidation sites excluding steroid dienone is 1. The summed E-state index contributed by atoms with van der Waals surface area (Å²) in [5.41, 5.74) is 5.18. The van der Waals surface area contributed by atoms with E-state index in [1.165, 1.54) is 0 Å². The molecule has 24 heavy (non-hydrogen) atoms. The van der Waals surface area contributed by atoms with E-state index in [4.69, 9.17) is 0 Å². The number of nitrogens with one attached hydrogen (secondary N) is 1. The van der Waals surface area contributed by atoms with E-state index < -0.39 is 0 Å². The molecule has 5 heteroatoms. The minimum absolute atomic E-state index is 0.242. The molecular weight excluding hydrogens is 366 g/mol. The van der Waals surface area contributed by atoms with Gasteiger partial charge in [-0.1, -0.05) is 40.2 Å². The minimum Gasteiger partial charge on any atom is -0.343 e. The summed E-state index contributed by atoms with van der Waals surface area (Å²) in [6.45, 7) is 4.50. The molecule has 1 amide bonds. The van der Waals surface area contributed by atoms with Crippen molar-refractivity contribution in [2.24, 2.45) is 5.10 Å². The summed E-state index contributed by atoms with van der Waals surface area (Å²) in [5, 5.41) is 5.17. The molecular formula is C19H16BrN3O. The van der Waals surface area contributed by atoms with Crippen LogP contribution in [-0.4, -0.2) is 16.7 Å². The number of fused-ring (bicyclic) bond motifs is 1. The molecule has 4 nitrogen and oxygen atoms in total. The van der Waals surface area contributed by atoms with E-state index in [-0.39, 0.29) is 5.91 Å². The summed E-state index contributed by atoms with van der Waals surface area (Å²) in [4.78, 5) is 12.1. The zero-order chi connectivity index (χ0) is 16.9. The molecule has 0 unspecified atom stereocenters. The number of nitrogens with zero attached hydrogens (tertiary/aromatic N) is 2. The van der Waals surface area contributed by atoms with Crippen molar-refractivity contribution in [1.29, 1.82) is 0 Å². The van der Waals surface area contributed by atoms with Gasteiger partial charge in [-0.3, -0.25) is 4.79 Å². The molecule has 0 saturated carbocycles. The number of aromatic nitrogens is 1. The molecule has 3 rings (SSSR count). The summed E-state index contributed by atoms with van der Waals surface area (Å²) in [7, 11) is 0. The lowest BCUT2D eigenvalue weighted by Gasteiger charge is -1.99. The minimum atomic E-state index is -0.242. The average molecular weight is 382 g/mol. The molecule has 1 heterocycles. The van der Waals surface area contributed by atoms with Crippen LogP contribution < -0.4 is 5.43 Å². The first-order valence-corrected chi connectivity index (χ1v) is 8.26. The first kappa shape index (κ1) is 16.2. The SMILES string of the molecule is C=CCn1cc(/C=N\NC(=O)c2ccc(Br)cc2)c2ccccc21. The van der Waals surface area contributed by atoms with Gasteiger partial charge in [0.1, 0.15) is 0 Å². The van der Waals surface area contributed by atoms with E-state index in [9.17, 15) is 4.79 Å². The molecule has 0 aliphatic heterocycles. The van der Waals surface area contributed by atoms with Crippen LogP contribution in [0.4, 0.5) is 0 Å². The second-order valence-electron chi connectivity index (χ2n) is 5.25. The standard InChI is InChI=1S/C19H16BrN3O/c1-2-11-23-13-15(17-5-3-4-6-18(17)23)12-21-22-19(24)14-7-9-16(20)10-8-14/h2-10,12-13H,1,11H2,(H,22,24)/b21-12-. The van der Waals surface area contributed by atoms with Crippen molar-refractivity contribution < 1.29 is 4.79 Å². The lowest BCUT2D eigenvalue weighted by molar-refractivity contribution is 0.0955. The Morgan fingerprint density at radius 2 is 1.96 bits per heavy atom. The molecule has 1 N–H and O–H groups in total. The Balaban J connectivity index is 1.79. The molecule has 0 fully saturated rings. The Labute approximate surface area is 148 Å². The van der Waals surface area contributed by atoms with Crippen molar-refractivity contribution in [3.05, 3.63) is 83.0 Å². The van der Waals surface area contributed by atoms with E-state index in [0.717, 1.165) is 27.5 Å². The fourth-order valence-electron chi connectivity index (χ4n) is 2.49. The van der Waals surface area contributed by atoms with Crippen LogP contribution >= 0.6 is 15.9 Å². The third kappa shape index (κ3) is 3.46. The number of amides is 1. The maximum atomic E-state index is 12.1. The van der Waals surface area contributed by atoms with E-state index in [1.807, 2.05) is 42.6 Å². The monoisotopic (exact) mass is 381 g/mol. The van der Waals surface area contributed by atoms with Crippen LogP contribution in [0.25, 0.3) is 10.9 Å². The van der Waals surface area contributed by atoms with Crippen LogP contribution in [0.2, 0.25) is 0 Å². The predicted octanol–water partition coefficient (Wildman–Crippen LogP) is 4.35. The molecule has 0 aliphatic carbocycles. The third-order valence-electron chi connectivity index (χ3n) is 3.62. The lowest BCUT2D eigenvalue weighted by Crippen LogP contribution is -2.17. The molecule has 0 saturated heterocycles. The van der Waals surface area contributed by atoms with Crippen LogP contribution in [0.3, 0.4) is 0 Å². The molecule has 120 valence electrons. The lowest BCUT2D eigenvalue weighted by atomic mass is 10.2. The largest absolute Gasteiger partial charge is 0.343 e. The molecule has 1 aromatic heterocycles. The number of hydrazone groups is 1. The van der Waals surface area contributed by atoms with Crippen LogP contribution in [0.1, 0.15) is 15.9 Å². The zero-order valence-electron chi connectivity index (χ0n) is 12.9. The van der Waals surface area contributed by atoms with Crippen molar-refractivity contribution in [3.63, 3.8) is 0 Å². The maximum absolute atomic E-state index is 12.1. The summed E-state index contributed by atoms with van der Waals surface area (Å²) in [5.74, 6) is -0.242. The molecule has 2 aromatic carbocycles. The quantitative estimate of drug-likeness (QED) is 0.398. The first-order valence-electron chi connectivity index (χ1n) is 7.47. The fraction of sp³-hybridized carbons (Fsp3) is 0.0526. The summed E-state index contributed by atoms with van der Waals surface area (Å²) >= 11 is 3.35. The van der Waals surface area contributed by atoms with Gasteiger partial charge in [0.15, 0.2) is 0 Å². The van der Waals surface area contributed by atoms with Gasteiger partial charge in [0.25, 0.3) is 5.91 Å². The molecule has 0 bridgehead atoms. The Morgan fingerprint density at radius 3 is 2.71 bits per heavy atom. The summed E-state index contributed by atoms with van der Waals surface area (Å²) in [6, 6.07) is 15.2. The Bertz CT molecular complexity index is 910. The van der Waals surface area contributed by atoms with Crippen LogP contribution in [-0.2, 0) is 6.54 Å². The van der Waals surface area contributed by atoms with Crippen LogP contribution in [0, 0.1) is 0 Å².